The third-order valence-electron chi connectivity index (χ3n) is 4.34. The van der Waals surface area contributed by atoms with Gasteiger partial charge in [-0.3, -0.25) is 4.98 Å². The Balaban J connectivity index is 1.47. The second kappa shape index (κ2) is 7.71. The van der Waals surface area contributed by atoms with Gasteiger partial charge >= 0.3 is 0 Å². The smallest absolute Gasteiger partial charge is 0.250 e. The molecule has 140 valence electrons. The van der Waals surface area contributed by atoms with E-state index in [1.165, 1.54) is 11.3 Å². The van der Waals surface area contributed by atoms with E-state index in [1.807, 2.05) is 12.1 Å². The van der Waals surface area contributed by atoms with Crippen molar-refractivity contribution in [3.05, 3.63) is 53.3 Å². The molecule has 0 aromatic carbocycles. The van der Waals surface area contributed by atoms with E-state index in [4.69, 9.17) is 4.98 Å². The lowest BCUT2D eigenvalue weighted by Crippen LogP contribution is -2.28. The lowest BCUT2D eigenvalue weighted by Gasteiger charge is -2.12. The molecule has 7 nitrogen and oxygen atoms in total. The molecule has 0 spiro atoms. The van der Waals surface area contributed by atoms with Crippen LogP contribution in [0.4, 0.5) is 5.82 Å². The van der Waals surface area contributed by atoms with Crippen molar-refractivity contribution in [2.75, 3.05) is 18.4 Å². The van der Waals surface area contributed by atoms with Crippen LogP contribution < -0.4 is 10.0 Å². The van der Waals surface area contributed by atoms with Crippen LogP contribution in [0.1, 0.15) is 17.7 Å². The van der Waals surface area contributed by atoms with Crippen molar-refractivity contribution in [1.82, 2.24) is 19.7 Å². The summed E-state index contributed by atoms with van der Waals surface area (Å²) in [6, 6.07) is 7.09. The highest BCUT2D eigenvalue weighted by molar-refractivity contribution is 7.91. The summed E-state index contributed by atoms with van der Waals surface area (Å²) in [5, 5.41) is 5.03. The number of sulfonamides is 1. The fourth-order valence-corrected chi connectivity index (χ4v) is 5.13. The van der Waals surface area contributed by atoms with Crippen molar-refractivity contribution in [3.63, 3.8) is 0 Å². The van der Waals surface area contributed by atoms with Gasteiger partial charge in [-0.1, -0.05) is 6.07 Å². The summed E-state index contributed by atoms with van der Waals surface area (Å²) in [6.45, 7) is 0.730. The van der Waals surface area contributed by atoms with E-state index in [-0.39, 0.29) is 6.54 Å². The van der Waals surface area contributed by atoms with Crippen LogP contribution >= 0.6 is 11.3 Å². The normalized spacial score (nSPS) is 13.5. The maximum atomic E-state index is 12.2. The summed E-state index contributed by atoms with van der Waals surface area (Å²) in [7, 11) is -3.45. The van der Waals surface area contributed by atoms with Crippen molar-refractivity contribution >= 4 is 27.2 Å². The molecule has 3 aromatic rings. The summed E-state index contributed by atoms with van der Waals surface area (Å²) in [4.78, 5) is 13.4. The predicted molar refractivity (Wildman–Crippen MR) is 105 cm³/mol. The van der Waals surface area contributed by atoms with E-state index >= 15 is 0 Å². The van der Waals surface area contributed by atoms with Crippen molar-refractivity contribution < 1.29 is 8.42 Å². The van der Waals surface area contributed by atoms with Gasteiger partial charge in [0.2, 0.25) is 10.0 Å². The van der Waals surface area contributed by atoms with Gasteiger partial charge in [0.05, 0.1) is 0 Å². The summed E-state index contributed by atoms with van der Waals surface area (Å²) >= 11 is 1.20. The molecular formula is C18H19N5O2S2. The summed E-state index contributed by atoms with van der Waals surface area (Å²) in [5.41, 5.74) is 3.12. The molecule has 1 aliphatic rings. The number of fused-ring (bicyclic) bond motifs is 1. The van der Waals surface area contributed by atoms with Gasteiger partial charge in [-0.2, -0.15) is 0 Å². The third-order valence-corrected chi connectivity index (χ3v) is 7.20. The maximum Gasteiger partial charge on any atom is 0.250 e. The highest BCUT2D eigenvalue weighted by atomic mass is 32.2. The third kappa shape index (κ3) is 4.00. The van der Waals surface area contributed by atoms with Crippen LogP contribution in [0.25, 0.3) is 11.4 Å². The summed E-state index contributed by atoms with van der Waals surface area (Å²) < 4.78 is 27.3. The van der Waals surface area contributed by atoms with Gasteiger partial charge in [0, 0.05) is 42.3 Å². The van der Waals surface area contributed by atoms with Gasteiger partial charge in [-0.15, -0.1) is 11.3 Å². The molecular weight excluding hydrogens is 382 g/mol. The molecule has 0 unspecified atom stereocenters. The molecule has 27 heavy (non-hydrogen) atoms. The Morgan fingerprint density at radius 1 is 1.07 bits per heavy atom. The zero-order chi connectivity index (χ0) is 18.7. The Kier molecular flexibility index (Phi) is 5.15. The lowest BCUT2D eigenvalue weighted by molar-refractivity contribution is 0.585. The van der Waals surface area contributed by atoms with Gasteiger partial charge in [-0.05, 0) is 42.8 Å². The van der Waals surface area contributed by atoms with Gasteiger partial charge in [0.1, 0.15) is 10.0 Å². The molecule has 3 aromatic heterocycles. The van der Waals surface area contributed by atoms with Crippen LogP contribution in [0, 0.1) is 0 Å². The number of pyridine rings is 1. The van der Waals surface area contributed by atoms with Crippen molar-refractivity contribution in [2.24, 2.45) is 0 Å². The molecule has 0 fully saturated rings. The molecule has 9 heteroatoms. The number of nitrogens with zero attached hydrogens (tertiary/aromatic N) is 3. The van der Waals surface area contributed by atoms with Gasteiger partial charge < -0.3 is 5.32 Å². The first-order valence-corrected chi connectivity index (χ1v) is 11.1. The molecule has 0 bridgehead atoms. The first kappa shape index (κ1) is 18.0. The highest BCUT2D eigenvalue weighted by Gasteiger charge is 2.20. The molecule has 0 atom stereocenters. The van der Waals surface area contributed by atoms with E-state index in [2.05, 4.69) is 20.0 Å². The Morgan fingerprint density at radius 3 is 2.70 bits per heavy atom. The van der Waals surface area contributed by atoms with Crippen molar-refractivity contribution in [3.8, 4) is 11.4 Å². The van der Waals surface area contributed by atoms with Crippen LogP contribution in [-0.4, -0.2) is 36.5 Å². The number of aryl methyl sites for hydroxylation is 1. The van der Waals surface area contributed by atoms with Gasteiger partial charge in [0.25, 0.3) is 0 Å². The molecule has 0 radical (unpaired) electrons. The van der Waals surface area contributed by atoms with Crippen LogP contribution in [-0.2, 0) is 22.9 Å². The van der Waals surface area contributed by atoms with E-state index in [0.29, 0.717) is 16.6 Å². The number of anilines is 1. The number of rotatable bonds is 7. The summed E-state index contributed by atoms with van der Waals surface area (Å²) in [5.74, 6) is 1.46. The van der Waals surface area contributed by atoms with Crippen molar-refractivity contribution in [1.29, 1.82) is 0 Å². The minimum Gasteiger partial charge on any atom is -0.368 e. The number of thiophene rings is 1. The molecule has 0 saturated heterocycles. The van der Waals surface area contributed by atoms with Crippen LogP contribution in [0.3, 0.4) is 0 Å². The zero-order valence-corrected chi connectivity index (χ0v) is 16.2. The highest BCUT2D eigenvalue weighted by Crippen LogP contribution is 2.28. The summed E-state index contributed by atoms with van der Waals surface area (Å²) in [6.07, 6.45) is 6.38. The Hall–Kier alpha value is -2.36. The minimum atomic E-state index is -3.45. The Labute approximate surface area is 162 Å². The van der Waals surface area contributed by atoms with Crippen LogP contribution in [0.15, 0.2) is 46.2 Å². The number of aromatic nitrogens is 3. The molecule has 3 heterocycles. The Morgan fingerprint density at radius 2 is 1.93 bits per heavy atom. The van der Waals surface area contributed by atoms with E-state index in [1.54, 1.807) is 29.9 Å². The molecule has 0 aliphatic heterocycles. The predicted octanol–water partition coefficient (Wildman–Crippen LogP) is 2.48. The average Bonchev–Trinajstić information content (AvgIpc) is 3.37. The Bertz CT molecular complexity index is 1020. The molecule has 0 saturated carbocycles. The lowest BCUT2D eigenvalue weighted by atomic mass is 10.2. The average molecular weight is 402 g/mol. The van der Waals surface area contributed by atoms with Gasteiger partial charge in [-0.25, -0.2) is 23.1 Å². The first-order valence-electron chi connectivity index (χ1n) is 8.71. The second-order valence-electron chi connectivity index (χ2n) is 6.17. The maximum absolute atomic E-state index is 12.2. The number of hydrogen-bond acceptors (Lipinski definition) is 7. The minimum absolute atomic E-state index is 0.281. The molecule has 0 amide bonds. The fraction of sp³-hybridized carbons (Fsp3) is 0.278. The molecule has 1 aliphatic carbocycles. The van der Waals surface area contributed by atoms with Crippen LogP contribution in [0.5, 0.6) is 0 Å². The topological polar surface area (TPSA) is 96.9 Å². The largest absolute Gasteiger partial charge is 0.368 e. The van der Waals surface area contributed by atoms with E-state index < -0.39 is 10.0 Å². The van der Waals surface area contributed by atoms with E-state index in [9.17, 15) is 8.42 Å². The second-order valence-corrected chi connectivity index (χ2v) is 9.11. The number of hydrogen-bond donors (Lipinski definition) is 2. The van der Waals surface area contributed by atoms with Crippen molar-refractivity contribution in [2.45, 2.75) is 23.5 Å². The zero-order valence-electron chi connectivity index (χ0n) is 14.6. The number of nitrogens with one attached hydrogen (secondary N) is 2. The van der Waals surface area contributed by atoms with Gasteiger partial charge in [0.15, 0.2) is 5.82 Å². The molecule has 4 rings (SSSR count). The van der Waals surface area contributed by atoms with Crippen LogP contribution in [0.2, 0.25) is 0 Å². The quantitative estimate of drug-likeness (QED) is 0.591. The monoisotopic (exact) mass is 401 g/mol. The SMILES string of the molecule is O=S(=O)(NCCNc1nc(-c2ccncc2)nc2c1CCC2)c1cccs1. The molecule has 2 N–H and O–H groups in total. The fourth-order valence-electron chi connectivity index (χ4n) is 3.06. The van der Waals surface area contributed by atoms with E-state index in [0.717, 1.165) is 41.9 Å². The first-order chi connectivity index (χ1) is 13.1. The standard InChI is InChI=1S/C18H19N5O2S2/c24-27(25,16-5-2-12-26-16)21-11-10-20-18-14-3-1-4-15(14)22-17(23-18)13-6-8-19-9-7-13/h2,5-9,12,21H,1,3-4,10-11H2,(H,20,22,23).